The van der Waals surface area contributed by atoms with Crippen LogP contribution in [0, 0.1) is 16.7 Å². The molecule has 2 heteroatoms. The predicted octanol–water partition coefficient (Wildman–Crippen LogP) is 3.77. The summed E-state index contributed by atoms with van der Waals surface area (Å²) in [5.74, 6) is 0.745. The standard InChI is InChI=1S/C17H36N2/c1-7-17(6,12-18-11-15(2)3)14-19-10-8-9-16(4,5)13-19/h15,18H,7-14H2,1-6H3. The van der Waals surface area contributed by atoms with Crippen LogP contribution in [0.3, 0.4) is 0 Å². The highest BCUT2D eigenvalue weighted by Crippen LogP contribution is 2.31. The first-order valence-corrected chi connectivity index (χ1v) is 8.19. The summed E-state index contributed by atoms with van der Waals surface area (Å²) in [5.41, 5.74) is 0.931. The summed E-state index contributed by atoms with van der Waals surface area (Å²) in [7, 11) is 0. The summed E-state index contributed by atoms with van der Waals surface area (Å²) in [5, 5.41) is 3.66. The molecule has 1 rings (SSSR count). The molecule has 1 aliphatic rings. The van der Waals surface area contributed by atoms with Gasteiger partial charge in [-0.3, -0.25) is 0 Å². The van der Waals surface area contributed by atoms with Gasteiger partial charge in [-0.05, 0) is 49.1 Å². The van der Waals surface area contributed by atoms with Crippen molar-refractivity contribution in [3.05, 3.63) is 0 Å². The SMILES string of the molecule is CCC(C)(CNCC(C)C)CN1CCCC(C)(C)C1. The molecule has 0 aliphatic carbocycles. The molecule has 1 fully saturated rings. The van der Waals surface area contributed by atoms with Gasteiger partial charge in [-0.15, -0.1) is 0 Å². The molecule has 0 amide bonds. The van der Waals surface area contributed by atoms with Crippen LogP contribution in [-0.4, -0.2) is 37.6 Å². The number of piperidine rings is 1. The van der Waals surface area contributed by atoms with E-state index in [1.165, 1.54) is 38.9 Å². The van der Waals surface area contributed by atoms with Gasteiger partial charge in [0.1, 0.15) is 0 Å². The van der Waals surface area contributed by atoms with Gasteiger partial charge in [-0.1, -0.05) is 41.5 Å². The highest BCUT2D eigenvalue weighted by molar-refractivity contribution is 4.85. The minimum Gasteiger partial charge on any atom is -0.316 e. The van der Waals surface area contributed by atoms with Gasteiger partial charge in [0.15, 0.2) is 0 Å². The quantitative estimate of drug-likeness (QED) is 0.756. The molecule has 19 heavy (non-hydrogen) atoms. The van der Waals surface area contributed by atoms with E-state index in [2.05, 4.69) is 51.8 Å². The topological polar surface area (TPSA) is 15.3 Å². The molecule has 1 unspecified atom stereocenters. The summed E-state index contributed by atoms with van der Waals surface area (Å²) < 4.78 is 0. The third kappa shape index (κ3) is 6.27. The van der Waals surface area contributed by atoms with Gasteiger partial charge in [0.25, 0.3) is 0 Å². The van der Waals surface area contributed by atoms with Gasteiger partial charge < -0.3 is 10.2 Å². The van der Waals surface area contributed by atoms with Crippen molar-refractivity contribution in [2.24, 2.45) is 16.7 Å². The number of likely N-dealkylation sites (tertiary alicyclic amines) is 1. The van der Waals surface area contributed by atoms with E-state index in [1.807, 2.05) is 0 Å². The molecular weight excluding hydrogens is 232 g/mol. The molecular formula is C17H36N2. The van der Waals surface area contributed by atoms with Gasteiger partial charge in [-0.25, -0.2) is 0 Å². The van der Waals surface area contributed by atoms with Crippen molar-refractivity contribution in [1.29, 1.82) is 0 Å². The van der Waals surface area contributed by atoms with E-state index in [0.29, 0.717) is 10.8 Å². The average Bonchev–Trinajstić information content (AvgIpc) is 2.27. The minimum atomic E-state index is 0.419. The van der Waals surface area contributed by atoms with Gasteiger partial charge in [0, 0.05) is 19.6 Å². The summed E-state index contributed by atoms with van der Waals surface area (Å²) in [6.07, 6.45) is 4.01. The van der Waals surface area contributed by atoms with Gasteiger partial charge >= 0.3 is 0 Å². The average molecular weight is 268 g/mol. The maximum atomic E-state index is 3.66. The van der Waals surface area contributed by atoms with E-state index in [-0.39, 0.29) is 0 Å². The summed E-state index contributed by atoms with van der Waals surface area (Å²) in [6, 6.07) is 0. The third-order valence-electron chi connectivity index (χ3n) is 4.54. The first-order chi connectivity index (χ1) is 8.76. The maximum Gasteiger partial charge on any atom is 0.00476 e. The smallest absolute Gasteiger partial charge is 0.00476 e. The van der Waals surface area contributed by atoms with Crippen molar-refractivity contribution >= 4 is 0 Å². The van der Waals surface area contributed by atoms with Crippen LogP contribution in [0.5, 0.6) is 0 Å². The van der Waals surface area contributed by atoms with Gasteiger partial charge in [-0.2, -0.15) is 0 Å². The lowest BCUT2D eigenvalue weighted by Crippen LogP contribution is -2.48. The van der Waals surface area contributed by atoms with Crippen molar-refractivity contribution in [3.8, 4) is 0 Å². The molecule has 1 saturated heterocycles. The van der Waals surface area contributed by atoms with Gasteiger partial charge in [0.2, 0.25) is 0 Å². The molecule has 0 aromatic carbocycles. The van der Waals surface area contributed by atoms with Crippen molar-refractivity contribution in [2.45, 2.75) is 60.8 Å². The lowest BCUT2D eigenvalue weighted by molar-refractivity contribution is 0.0725. The molecule has 0 saturated carbocycles. The highest BCUT2D eigenvalue weighted by atomic mass is 15.1. The van der Waals surface area contributed by atoms with Crippen LogP contribution in [0.25, 0.3) is 0 Å². The molecule has 0 aromatic rings. The third-order valence-corrected chi connectivity index (χ3v) is 4.54. The van der Waals surface area contributed by atoms with Crippen LogP contribution in [0.1, 0.15) is 60.8 Å². The molecule has 0 bridgehead atoms. The molecule has 2 nitrogen and oxygen atoms in total. The van der Waals surface area contributed by atoms with E-state index in [4.69, 9.17) is 0 Å². The van der Waals surface area contributed by atoms with Crippen molar-refractivity contribution in [1.82, 2.24) is 10.2 Å². The molecule has 0 spiro atoms. The fourth-order valence-corrected chi connectivity index (χ4v) is 3.17. The first-order valence-electron chi connectivity index (χ1n) is 8.19. The van der Waals surface area contributed by atoms with E-state index in [0.717, 1.165) is 19.0 Å². The zero-order valence-corrected chi connectivity index (χ0v) is 14.2. The van der Waals surface area contributed by atoms with Crippen LogP contribution in [0.2, 0.25) is 0 Å². The van der Waals surface area contributed by atoms with E-state index < -0.39 is 0 Å². The Labute approximate surface area is 121 Å². The normalized spacial score (nSPS) is 23.5. The Bertz CT molecular complexity index is 260. The van der Waals surface area contributed by atoms with Crippen LogP contribution >= 0.6 is 0 Å². The summed E-state index contributed by atoms with van der Waals surface area (Å²) in [6.45, 7) is 20.3. The Morgan fingerprint density at radius 3 is 2.53 bits per heavy atom. The Morgan fingerprint density at radius 1 is 1.32 bits per heavy atom. The second-order valence-electron chi connectivity index (χ2n) is 8.17. The number of hydrogen-bond acceptors (Lipinski definition) is 2. The molecule has 0 radical (unpaired) electrons. The number of rotatable bonds is 7. The maximum absolute atomic E-state index is 3.66. The molecule has 114 valence electrons. The lowest BCUT2D eigenvalue weighted by atomic mass is 9.81. The molecule has 1 atom stereocenters. The molecule has 1 aliphatic heterocycles. The van der Waals surface area contributed by atoms with Crippen LogP contribution in [0.15, 0.2) is 0 Å². The van der Waals surface area contributed by atoms with Crippen molar-refractivity contribution in [2.75, 3.05) is 32.7 Å². The van der Waals surface area contributed by atoms with Gasteiger partial charge in [0.05, 0.1) is 0 Å². The Kier molecular flexibility index (Phi) is 6.32. The highest BCUT2D eigenvalue weighted by Gasteiger charge is 2.31. The fraction of sp³-hybridized carbons (Fsp3) is 1.00. The predicted molar refractivity (Wildman–Crippen MR) is 85.6 cm³/mol. The van der Waals surface area contributed by atoms with E-state index in [1.54, 1.807) is 0 Å². The zero-order valence-electron chi connectivity index (χ0n) is 14.2. The largest absolute Gasteiger partial charge is 0.316 e. The molecule has 0 aromatic heterocycles. The van der Waals surface area contributed by atoms with E-state index in [9.17, 15) is 0 Å². The van der Waals surface area contributed by atoms with Crippen molar-refractivity contribution < 1.29 is 0 Å². The zero-order chi connectivity index (χ0) is 14.5. The second-order valence-corrected chi connectivity index (χ2v) is 8.17. The van der Waals surface area contributed by atoms with Crippen LogP contribution in [-0.2, 0) is 0 Å². The van der Waals surface area contributed by atoms with Crippen LogP contribution in [0.4, 0.5) is 0 Å². The summed E-state index contributed by atoms with van der Waals surface area (Å²) >= 11 is 0. The fourth-order valence-electron chi connectivity index (χ4n) is 3.17. The monoisotopic (exact) mass is 268 g/mol. The molecule has 1 heterocycles. The number of nitrogens with zero attached hydrogens (tertiary/aromatic N) is 1. The Morgan fingerprint density at radius 2 is 2.00 bits per heavy atom. The van der Waals surface area contributed by atoms with Crippen molar-refractivity contribution in [3.63, 3.8) is 0 Å². The summed E-state index contributed by atoms with van der Waals surface area (Å²) in [4.78, 5) is 2.70. The van der Waals surface area contributed by atoms with E-state index >= 15 is 0 Å². The van der Waals surface area contributed by atoms with Crippen LogP contribution < -0.4 is 5.32 Å². The second kappa shape index (κ2) is 7.08. The Balaban J connectivity index is 2.45. The lowest BCUT2D eigenvalue weighted by Gasteiger charge is -2.42. The number of hydrogen-bond donors (Lipinski definition) is 1. The Hall–Kier alpha value is -0.0800. The molecule has 1 N–H and O–H groups in total. The minimum absolute atomic E-state index is 0.419. The first kappa shape index (κ1) is 17.0. The number of nitrogens with one attached hydrogen (secondary N) is 1.